The zero-order valence-corrected chi connectivity index (χ0v) is 19.3. The van der Waals surface area contributed by atoms with Crippen LogP contribution in [0.15, 0.2) is 33.4 Å². The molecule has 1 fully saturated rings. The molecule has 11 nitrogen and oxygen atoms in total. The molecule has 1 saturated heterocycles. The van der Waals surface area contributed by atoms with E-state index in [0.29, 0.717) is 18.4 Å². The van der Waals surface area contributed by atoms with E-state index in [-0.39, 0.29) is 22.2 Å². The van der Waals surface area contributed by atoms with Gasteiger partial charge in [0, 0.05) is 10.3 Å². The molecule has 0 saturated carbocycles. The lowest BCUT2D eigenvalue weighted by Crippen LogP contribution is -2.72. The second kappa shape index (κ2) is 9.11. The Balaban J connectivity index is 1.54. The number of hydrogen-bond acceptors (Lipinski definition) is 10. The minimum absolute atomic E-state index is 0.0797. The first-order valence-corrected chi connectivity index (χ1v) is 11.6. The standard InChI is InChI=1S/C20H20N6O5S2/c1-9-11(22-8-33-9)5-3-10-4-6-13-15(18(28)26(13)16(10)19(29)30)24-17(27)14(25-31-2)12-7-32-20(21)23-12/h3,5,7-8,13,15H,4,6H2,1-2H3,(H2,21,23)(H,24,27)(H,29,30)/b5-3-,25-14+/t13-,15?/m1/s1. The van der Waals surface area contributed by atoms with Gasteiger partial charge in [0.15, 0.2) is 10.8 Å². The van der Waals surface area contributed by atoms with Crippen LogP contribution in [-0.4, -0.2) is 62.7 Å². The molecule has 13 heteroatoms. The van der Waals surface area contributed by atoms with Crippen LogP contribution in [-0.2, 0) is 19.2 Å². The molecule has 1 unspecified atom stereocenters. The number of carboxylic acids is 1. The van der Waals surface area contributed by atoms with Crippen LogP contribution >= 0.6 is 22.7 Å². The second-order valence-corrected chi connectivity index (χ2v) is 9.21. The number of aryl methyl sites for hydroxylation is 1. The SMILES string of the molecule is CO/N=C(/C(=O)NC1C(=O)N2C(C(=O)O)=C(/C=C\c3ncsc3C)CC[C@H]12)c1csc(N)n1. The Kier molecular flexibility index (Phi) is 6.24. The van der Waals surface area contributed by atoms with Crippen molar-refractivity contribution in [2.75, 3.05) is 12.8 Å². The van der Waals surface area contributed by atoms with Gasteiger partial charge in [-0.2, -0.15) is 0 Å². The number of carbonyl (C=O) groups excluding carboxylic acids is 2. The van der Waals surface area contributed by atoms with E-state index < -0.39 is 29.9 Å². The summed E-state index contributed by atoms with van der Waals surface area (Å²) in [6.45, 7) is 1.92. The van der Waals surface area contributed by atoms with E-state index in [2.05, 4.69) is 20.4 Å². The van der Waals surface area contributed by atoms with Crippen molar-refractivity contribution < 1.29 is 24.3 Å². The number of nitrogen functional groups attached to an aromatic ring is 1. The highest BCUT2D eigenvalue weighted by Crippen LogP contribution is 2.37. The van der Waals surface area contributed by atoms with Crippen LogP contribution in [0.2, 0.25) is 0 Å². The Morgan fingerprint density at radius 3 is 2.79 bits per heavy atom. The Hall–Kier alpha value is -3.58. The lowest BCUT2D eigenvalue weighted by Gasteiger charge is -2.50. The summed E-state index contributed by atoms with van der Waals surface area (Å²) >= 11 is 2.63. The van der Waals surface area contributed by atoms with E-state index in [9.17, 15) is 19.5 Å². The lowest BCUT2D eigenvalue weighted by molar-refractivity contribution is -0.155. The van der Waals surface area contributed by atoms with Crippen molar-refractivity contribution in [1.29, 1.82) is 0 Å². The molecule has 2 atom stereocenters. The van der Waals surface area contributed by atoms with Gasteiger partial charge in [-0.25, -0.2) is 14.8 Å². The van der Waals surface area contributed by atoms with E-state index in [4.69, 9.17) is 10.6 Å². The van der Waals surface area contributed by atoms with E-state index in [1.54, 1.807) is 23.0 Å². The summed E-state index contributed by atoms with van der Waals surface area (Å²) in [6.07, 6.45) is 4.37. The molecule has 4 rings (SSSR count). The third-order valence-electron chi connectivity index (χ3n) is 5.35. The van der Waals surface area contributed by atoms with Crippen LogP contribution < -0.4 is 11.1 Å². The van der Waals surface area contributed by atoms with E-state index in [1.807, 2.05) is 6.92 Å². The van der Waals surface area contributed by atoms with Crippen LogP contribution in [0.1, 0.15) is 29.1 Å². The summed E-state index contributed by atoms with van der Waals surface area (Å²) in [6, 6.07) is -1.36. The lowest BCUT2D eigenvalue weighted by atomic mass is 9.83. The molecule has 0 radical (unpaired) electrons. The molecular formula is C20H20N6O5S2. The molecule has 4 heterocycles. The number of allylic oxidation sites excluding steroid dienone is 2. The number of aromatic nitrogens is 2. The molecule has 172 valence electrons. The zero-order chi connectivity index (χ0) is 23.7. The number of carboxylic acid groups (broad SMARTS) is 1. The molecule has 33 heavy (non-hydrogen) atoms. The molecular weight excluding hydrogens is 468 g/mol. The number of nitrogens with two attached hydrogens (primary N) is 1. The van der Waals surface area contributed by atoms with Crippen molar-refractivity contribution in [3.8, 4) is 0 Å². The maximum Gasteiger partial charge on any atom is 0.352 e. The highest BCUT2D eigenvalue weighted by Gasteiger charge is 2.53. The number of β-lactam (4-membered cyclic amide) rings is 1. The predicted octanol–water partition coefficient (Wildman–Crippen LogP) is 1.38. The number of amides is 2. The molecule has 0 spiro atoms. The third-order valence-corrected chi connectivity index (χ3v) is 6.80. The minimum Gasteiger partial charge on any atom is -0.477 e. The number of thiazole rings is 2. The van der Waals surface area contributed by atoms with Gasteiger partial charge in [0.1, 0.15) is 24.5 Å². The Labute approximate surface area is 196 Å². The van der Waals surface area contributed by atoms with Gasteiger partial charge in [-0.1, -0.05) is 11.2 Å². The number of carbonyl (C=O) groups is 3. The first kappa shape index (κ1) is 22.6. The van der Waals surface area contributed by atoms with Crippen molar-refractivity contribution in [2.45, 2.75) is 31.8 Å². The van der Waals surface area contributed by atoms with Gasteiger partial charge in [-0.05, 0) is 31.4 Å². The van der Waals surface area contributed by atoms with E-state index in [1.165, 1.54) is 23.3 Å². The Morgan fingerprint density at radius 1 is 1.39 bits per heavy atom. The number of nitrogens with zero attached hydrogens (tertiary/aromatic N) is 4. The fourth-order valence-corrected chi connectivity index (χ4v) is 4.92. The summed E-state index contributed by atoms with van der Waals surface area (Å²) in [7, 11) is 1.28. The average Bonchev–Trinajstić information content (AvgIpc) is 3.40. The number of oxime groups is 1. The molecule has 2 aromatic rings. The van der Waals surface area contributed by atoms with Crippen LogP contribution in [0, 0.1) is 6.92 Å². The van der Waals surface area contributed by atoms with E-state index >= 15 is 0 Å². The topological polar surface area (TPSA) is 160 Å². The van der Waals surface area contributed by atoms with Gasteiger partial charge in [0.05, 0.1) is 17.2 Å². The zero-order valence-electron chi connectivity index (χ0n) is 17.6. The fraction of sp³-hybridized carbons (Fsp3) is 0.300. The number of rotatable bonds is 7. The van der Waals surface area contributed by atoms with Gasteiger partial charge >= 0.3 is 5.97 Å². The smallest absolute Gasteiger partial charge is 0.352 e. The Bertz CT molecular complexity index is 1210. The Morgan fingerprint density at radius 2 is 2.18 bits per heavy atom. The quantitative estimate of drug-likeness (QED) is 0.299. The highest BCUT2D eigenvalue weighted by atomic mass is 32.1. The summed E-state index contributed by atoms with van der Waals surface area (Å²) in [5, 5.41) is 17.9. The summed E-state index contributed by atoms with van der Waals surface area (Å²) in [5.41, 5.74) is 8.65. The van der Waals surface area contributed by atoms with Crippen molar-refractivity contribution in [2.24, 2.45) is 5.16 Å². The fourth-order valence-electron chi connectivity index (χ4n) is 3.81. The molecule has 0 aromatic carbocycles. The molecule has 2 amide bonds. The van der Waals surface area contributed by atoms with E-state index in [0.717, 1.165) is 21.9 Å². The van der Waals surface area contributed by atoms with Gasteiger partial charge in [-0.3, -0.25) is 14.5 Å². The van der Waals surface area contributed by atoms with Gasteiger partial charge in [-0.15, -0.1) is 22.7 Å². The van der Waals surface area contributed by atoms with Crippen molar-refractivity contribution in [3.63, 3.8) is 0 Å². The van der Waals surface area contributed by atoms with Gasteiger partial charge < -0.3 is 21.0 Å². The summed E-state index contributed by atoms with van der Waals surface area (Å²) in [4.78, 5) is 52.9. The van der Waals surface area contributed by atoms with Crippen LogP contribution in [0.3, 0.4) is 0 Å². The number of anilines is 1. The molecule has 4 N–H and O–H groups in total. The molecule has 2 aliphatic heterocycles. The van der Waals surface area contributed by atoms with Crippen molar-refractivity contribution >= 4 is 57.4 Å². The van der Waals surface area contributed by atoms with Crippen molar-refractivity contribution in [1.82, 2.24) is 20.2 Å². The van der Waals surface area contributed by atoms with Crippen LogP contribution in [0.25, 0.3) is 6.08 Å². The number of aliphatic carboxylic acids is 1. The maximum absolute atomic E-state index is 12.9. The largest absolute Gasteiger partial charge is 0.477 e. The normalized spacial score (nSPS) is 20.6. The number of fused-ring (bicyclic) bond motifs is 1. The number of nitrogens with one attached hydrogen (secondary N) is 1. The summed E-state index contributed by atoms with van der Waals surface area (Å²) < 4.78 is 0. The van der Waals surface area contributed by atoms with Crippen LogP contribution in [0.4, 0.5) is 5.13 Å². The third kappa shape index (κ3) is 4.24. The molecule has 0 bridgehead atoms. The average molecular weight is 489 g/mol. The highest BCUT2D eigenvalue weighted by molar-refractivity contribution is 7.13. The first-order valence-electron chi connectivity index (χ1n) is 9.83. The monoisotopic (exact) mass is 488 g/mol. The van der Waals surface area contributed by atoms with Gasteiger partial charge in [0.25, 0.3) is 11.8 Å². The molecule has 2 aromatic heterocycles. The van der Waals surface area contributed by atoms with Gasteiger partial charge in [0.2, 0.25) is 0 Å². The summed E-state index contributed by atoms with van der Waals surface area (Å²) in [5.74, 6) is -2.37. The predicted molar refractivity (Wildman–Crippen MR) is 122 cm³/mol. The minimum atomic E-state index is -1.20. The number of hydrogen-bond donors (Lipinski definition) is 3. The molecule has 2 aliphatic rings. The molecule has 0 aliphatic carbocycles. The first-order chi connectivity index (χ1) is 15.8. The second-order valence-electron chi connectivity index (χ2n) is 7.26. The van der Waals surface area contributed by atoms with Crippen LogP contribution in [0.5, 0.6) is 0 Å². The maximum atomic E-state index is 12.9. The van der Waals surface area contributed by atoms with Crippen molar-refractivity contribution in [3.05, 3.63) is 44.5 Å².